The summed E-state index contributed by atoms with van der Waals surface area (Å²) in [5.74, 6) is 0.415. The summed E-state index contributed by atoms with van der Waals surface area (Å²) in [6.45, 7) is 5.24. The lowest BCUT2D eigenvalue weighted by Gasteiger charge is -2.38. The number of piperidine rings is 1. The average Bonchev–Trinajstić information content (AvgIpc) is 3.12. The first kappa shape index (κ1) is 12.9. The largest absolute Gasteiger partial charge is 0.481 e. The molecular formula is C14H25NO2. The van der Waals surface area contributed by atoms with Gasteiger partial charge < -0.3 is 10.0 Å². The van der Waals surface area contributed by atoms with Crippen molar-refractivity contribution in [3.05, 3.63) is 0 Å². The summed E-state index contributed by atoms with van der Waals surface area (Å²) in [4.78, 5) is 13.9. The summed E-state index contributed by atoms with van der Waals surface area (Å²) in [5.41, 5.74) is -0.412. The third-order valence-corrected chi connectivity index (χ3v) is 4.55. The Kier molecular flexibility index (Phi) is 4.08. The van der Waals surface area contributed by atoms with Crippen LogP contribution in [0.15, 0.2) is 0 Å². The second-order valence-electron chi connectivity index (χ2n) is 5.91. The van der Waals surface area contributed by atoms with Gasteiger partial charge in [-0.3, -0.25) is 4.79 Å². The van der Waals surface area contributed by atoms with Gasteiger partial charge in [0.15, 0.2) is 0 Å². The minimum Gasteiger partial charge on any atom is -0.481 e. The van der Waals surface area contributed by atoms with Crippen molar-refractivity contribution in [1.29, 1.82) is 0 Å². The predicted molar refractivity (Wildman–Crippen MR) is 68.0 cm³/mol. The third-order valence-electron chi connectivity index (χ3n) is 4.55. The summed E-state index contributed by atoms with van der Waals surface area (Å²) in [7, 11) is 0. The second kappa shape index (κ2) is 5.38. The monoisotopic (exact) mass is 239 g/mol. The van der Waals surface area contributed by atoms with Crippen LogP contribution < -0.4 is 0 Å². The Bertz CT molecular complexity index is 265. The van der Waals surface area contributed by atoms with Gasteiger partial charge in [0.25, 0.3) is 0 Å². The van der Waals surface area contributed by atoms with Crippen molar-refractivity contribution in [2.45, 2.75) is 51.9 Å². The SMILES string of the molecule is CCCC1(C(=O)O)CCN(CCC2CC2)CC1. The molecule has 1 aliphatic carbocycles. The highest BCUT2D eigenvalue weighted by Crippen LogP contribution is 2.37. The number of carboxylic acid groups (broad SMARTS) is 1. The van der Waals surface area contributed by atoms with Crippen LogP contribution >= 0.6 is 0 Å². The minimum atomic E-state index is -0.568. The van der Waals surface area contributed by atoms with E-state index in [-0.39, 0.29) is 0 Å². The molecule has 1 heterocycles. The van der Waals surface area contributed by atoms with Gasteiger partial charge in [0.1, 0.15) is 0 Å². The number of rotatable bonds is 6. The molecule has 0 spiro atoms. The van der Waals surface area contributed by atoms with Crippen LogP contribution in [0.5, 0.6) is 0 Å². The van der Waals surface area contributed by atoms with Gasteiger partial charge in [0, 0.05) is 0 Å². The second-order valence-corrected chi connectivity index (χ2v) is 5.91. The van der Waals surface area contributed by atoms with E-state index in [4.69, 9.17) is 0 Å². The molecule has 0 aromatic rings. The molecule has 2 fully saturated rings. The van der Waals surface area contributed by atoms with E-state index < -0.39 is 11.4 Å². The average molecular weight is 239 g/mol. The maximum Gasteiger partial charge on any atom is 0.309 e. The maximum atomic E-state index is 11.4. The summed E-state index contributed by atoms with van der Waals surface area (Å²) in [6, 6.07) is 0. The maximum absolute atomic E-state index is 11.4. The van der Waals surface area contributed by atoms with Gasteiger partial charge in [-0.15, -0.1) is 0 Å². The zero-order valence-corrected chi connectivity index (χ0v) is 11.0. The Morgan fingerprint density at radius 1 is 1.35 bits per heavy atom. The molecule has 1 aliphatic heterocycles. The number of aliphatic carboxylic acids is 1. The molecular weight excluding hydrogens is 214 g/mol. The number of hydrogen-bond acceptors (Lipinski definition) is 2. The summed E-state index contributed by atoms with van der Waals surface area (Å²) < 4.78 is 0. The van der Waals surface area contributed by atoms with Crippen molar-refractivity contribution in [2.75, 3.05) is 19.6 Å². The van der Waals surface area contributed by atoms with Crippen molar-refractivity contribution >= 4 is 5.97 Å². The molecule has 0 unspecified atom stereocenters. The van der Waals surface area contributed by atoms with Crippen molar-refractivity contribution in [2.24, 2.45) is 11.3 Å². The van der Waals surface area contributed by atoms with Crippen molar-refractivity contribution < 1.29 is 9.90 Å². The summed E-state index contributed by atoms with van der Waals surface area (Å²) in [5, 5.41) is 9.42. The van der Waals surface area contributed by atoms with Crippen LogP contribution in [-0.4, -0.2) is 35.6 Å². The lowest BCUT2D eigenvalue weighted by molar-refractivity contribution is -0.152. The van der Waals surface area contributed by atoms with Gasteiger partial charge in [0.05, 0.1) is 5.41 Å². The van der Waals surface area contributed by atoms with Gasteiger partial charge >= 0.3 is 5.97 Å². The normalized spacial score (nSPS) is 24.8. The molecule has 1 saturated heterocycles. The van der Waals surface area contributed by atoms with Crippen LogP contribution in [-0.2, 0) is 4.79 Å². The number of likely N-dealkylation sites (tertiary alicyclic amines) is 1. The predicted octanol–water partition coefficient (Wildman–Crippen LogP) is 2.75. The molecule has 0 amide bonds. The molecule has 2 aliphatic rings. The first-order valence-electron chi connectivity index (χ1n) is 7.12. The van der Waals surface area contributed by atoms with Gasteiger partial charge in [-0.25, -0.2) is 0 Å². The third kappa shape index (κ3) is 3.21. The fourth-order valence-electron chi connectivity index (χ4n) is 3.03. The smallest absolute Gasteiger partial charge is 0.309 e. The van der Waals surface area contributed by atoms with Crippen LogP contribution in [0.4, 0.5) is 0 Å². The molecule has 98 valence electrons. The molecule has 0 radical (unpaired) electrons. The molecule has 0 aromatic heterocycles. The van der Waals surface area contributed by atoms with Gasteiger partial charge in [-0.2, -0.15) is 0 Å². The Morgan fingerprint density at radius 3 is 2.47 bits per heavy atom. The van der Waals surface area contributed by atoms with Crippen LogP contribution in [0.3, 0.4) is 0 Å². The molecule has 0 aromatic carbocycles. The lowest BCUT2D eigenvalue weighted by atomic mass is 9.75. The zero-order valence-electron chi connectivity index (χ0n) is 11.0. The number of carboxylic acids is 1. The van der Waals surface area contributed by atoms with Crippen LogP contribution in [0.1, 0.15) is 51.9 Å². The molecule has 3 nitrogen and oxygen atoms in total. The molecule has 1 N–H and O–H groups in total. The highest BCUT2D eigenvalue weighted by Gasteiger charge is 2.40. The van der Waals surface area contributed by atoms with Gasteiger partial charge in [-0.1, -0.05) is 26.2 Å². The Labute approximate surface area is 104 Å². The molecule has 1 saturated carbocycles. The van der Waals surface area contributed by atoms with E-state index in [0.29, 0.717) is 0 Å². The molecule has 17 heavy (non-hydrogen) atoms. The highest BCUT2D eigenvalue weighted by atomic mass is 16.4. The summed E-state index contributed by atoms with van der Waals surface area (Å²) >= 11 is 0. The molecule has 2 rings (SSSR count). The van der Waals surface area contributed by atoms with Crippen molar-refractivity contribution in [3.8, 4) is 0 Å². The minimum absolute atomic E-state index is 0.412. The molecule has 0 bridgehead atoms. The zero-order chi connectivity index (χ0) is 12.3. The van der Waals surface area contributed by atoms with E-state index in [2.05, 4.69) is 11.8 Å². The standard InChI is InChI=1S/C14H25NO2/c1-2-6-14(13(16)17)7-10-15(11-8-14)9-5-12-3-4-12/h12H,2-11H2,1H3,(H,16,17). The van der Waals surface area contributed by atoms with Crippen LogP contribution in [0.2, 0.25) is 0 Å². The lowest BCUT2D eigenvalue weighted by Crippen LogP contribution is -2.44. The fourth-order valence-corrected chi connectivity index (χ4v) is 3.03. The van der Waals surface area contributed by atoms with Crippen molar-refractivity contribution in [1.82, 2.24) is 4.90 Å². The Balaban J connectivity index is 1.79. The first-order valence-corrected chi connectivity index (χ1v) is 7.12. The van der Waals surface area contributed by atoms with E-state index in [9.17, 15) is 9.90 Å². The summed E-state index contributed by atoms with van der Waals surface area (Å²) in [6.07, 6.45) is 7.69. The molecule has 0 atom stereocenters. The quantitative estimate of drug-likeness (QED) is 0.775. The van der Waals surface area contributed by atoms with Gasteiger partial charge in [0.2, 0.25) is 0 Å². The highest BCUT2D eigenvalue weighted by molar-refractivity contribution is 5.74. The van der Waals surface area contributed by atoms with E-state index >= 15 is 0 Å². The fraction of sp³-hybridized carbons (Fsp3) is 0.929. The number of hydrogen-bond donors (Lipinski definition) is 1. The topological polar surface area (TPSA) is 40.5 Å². The van der Waals surface area contributed by atoms with E-state index in [0.717, 1.165) is 44.7 Å². The van der Waals surface area contributed by atoms with E-state index in [1.54, 1.807) is 0 Å². The Morgan fingerprint density at radius 2 is 2.00 bits per heavy atom. The molecule has 3 heteroatoms. The van der Waals surface area contributed by atoms with Crippen LogP contribution in [0, 0.1) is 11.3 Å². The Hall–Kier alpha value is -0.570. The van der Waals surface area contributed by atoms with Crippen LogP contribution in [0.25, 0.3) is 0 Å². The van der Waals surface area contributed by atoms with E-state index in [1.165, 1.54) is 25.8 Å². The van der Waals surface area contributed by atoms with E-state index in [1.807, 2.05) is 0 Å². The van der Waals surface area contributed by atoms with Gasteiger partial charge in [-0.05, 0) is 51.2 Å². The first-order chi connectivity index (χ1) is 8.16. The van der Waals surface area contributed by atoms with Crippen molar-refractivity contribution in [3.63, 3.8) is 0 Å². The number of nitrogens with zero attached hydrogens (tertiary/aromatic N) is 1. The number of carbonyl (C=O) groups is 1.